The number of imidazole rings is 1. The molecular weight excluding hydrogens is 640 g/mol. The SMILES string of the molecule is Cc1ccc(Cn2ccnc2NC(=O)[C@@H]2CN(C(C)(C)C)C[C@H]2c2ccc(F)cc2F)c(N2CCC(C(=O)NS(=O)(=O)N(C)C)CC2)c1. The third-order valence-electron chi connectivity index (χ3n) is 9.42. The lowest BCUT2D eigenvalue weighted by Crippen LogP contribution is -2.45. The zero-order chi connectivity index (χ0) is 35.0. The number of benzene rings is 2. The van der Waals surface area contributed by atoms with Crippen LogP contribution in [0, 0.1) is 30.4 Å². The van der Waals surface area contributed by atoms with Crippen molar-refractivity contribution in [2.45, 2.75) is 58.5 Å². The number of likely N-dealkylation sites (tertiary alicyclic amines) is 1. The number of hydrogen-bond donors (Lipinski definition) is 2. The van der Waals surface area contributed by atoms with E-state index >= 15 is 0 Å². The molecule has 11 nitrogen and oxygen atoms in total. The van der Waals surface area contributed by atoms with Gasteiger partial charge in [-0.3, -0.25) is 19.8 Å². The Labute approximate surface area is 281 Å². The van der Waals surface area contributed by atoms with Gasteiger partial charge in [-0.25, -0.2) is 18.5 Å². The molecule has 2 fully saturated rings. The number of hydrogen-bond acceptors (Lipinski definition) is 7. The molecule has 48 heavy (non-hydrogen) atoms. The molecule has 2 atom stereocenters. The Morgan fingerprint density at radius 2 is 1.73 bits per heavy atom. The summed E-state index contributed by atoms with van der Waals surface area (Å²) >= 11 is 0. The smallest absolute Gasteiger partial charge is 0.303 e. The fraction of sp³-hybridized carbons (Fsp3) is 0.500. The molecule has 3 aromatic rings. The standard InChI is InChI=1S/C34H45F2N7O4S/c1-22-7-8-24(30(17-22)41-14-11-23(12-15-41)31(44)39-48(46,47)40(5)6)19-42-16-13-37-33(42)38-32(45)28-21-43(34(2,3)4)20-27(28)26-10-9-25(35)18-29(26)36/h7-10,13,16-18,23,27-28H,11-12,14-15,19-21H2,1-6H3,(H,39,44)(H,37,38,45)/t27-,28+/m0/s1. The minimum Gasteiger partial charge on any atom is -0.371 e. The topological polar surface area (TPSA) is 120 Å². The summed E-state index contributed by atoms with van der Waals surface area (Å²) in [5, 5.41) is 2.99. The van der Waals surface area contributed by atoms with Crippen molar-refractivity contribution in [3.8, 4) is 0 Å². The van der Waals surface area contributed by atoms with Crippen molar-refractivity contribution in [3.63, 3.8) is 0 Å². The van der Waals surface area contributed by atoms with E-state index < -0.39 is 45.5 Å². The summed E-state index contributed by atoms with van der Waals surface area (Å²) < 4.78 is 58.0. The van der Waals surface area contributed by atoms with E-state index in [0.29, 0.717) is 57.1 Å². The third-order valence-corrected chi connectivity index (χ3v) is 10.8. The second kappa shape index (κ2) is 13.9. The van der Waals surface area contributed by atoms with Crippen LogP contribution in [0.5, 0.6) is 0 Å². The van der Waals surface area contributed by atoms with E-state index in [2.05, 4.69) is 30.9 Å². The van der Waals surface area contributed by atoms with E-state index in [-0.39, 0.29) is 11.4 Å². The van der Waals surface area contributed by atoms with Gasteiger partial charge in [0.15, 0.2) is 0 Å². The monoisotopic (exact) mass is 685 g/mol. The van der Waals surface area contributed by atoms with Gasteiger partial charge < -0.3 is 9.47 Å². The van der Waals surface area contributed by atoms with E-state index in [4.69, 9.17) is 0 Å². The molecule has 3 heterocycles. The number of aryl methyl sites for hydroxylation is 1. The van der Waals surface area contributed by atoms with Crippen LogP contribution < -0.4 is 14.9 Å². The molecule has 2 aliphatic heterocycles. The molecule has 2 amide bonds. The van der Waals surface area contributed by atoms with Crippen molar-refractivity contribution in [2.24, 2.45) is 11.8 Å². The van der Waals surface area contributed by atoms with Crippen molar-refractivity contribution < 1.29 is 26.8 Å². The summed E-state index contributed by atoms with van der Waals surface area (Å²) in [6, 6.07) is 9.66. The predicted molar refractivity (Wildman–Crippen MR) is 181 cm³/mol. The van der Waals surface area contributed by atoms with Crippen LogP contribution in [-0.4, -0.2) is 84.8 Å². The Balaban J connectivity index is 1.31. The highest BCUT2D eigenvalue weighted by atomic mass is 32.2. The molecule has 2 N–H and O–H groups in total. The second-order valence-corrected chi connectivity index (χ2v) is 15.9. The molecule has 260 valence electrons. The van der Waals surface area contributed by atoms with Crippen molar-refractivity contribution in [3.05, 3.63) is 77.1 Å². The Kier molecular flexibility index (Phi) is 10.3. The molecule has 0 unspecified atom stereocenters. The van der Waals surface area contributed by atoms with E-state index in [1.165, 1.54) is 26.2 Å². The Bertz CT molecular complexity index is 1760. The van der Waals surface area contributed by atoms with Gasteiger partial charge in [-0.05, 0) is 69.4 Å². The van der Waals surface area contributed by atoms with E-state index in [0.717, 1.165) is 27.2 Å². The fourth-order valence-corrected chi connectivity index (χ4v) is 7.07. The van der Waals surface area contributed by atoms with Gasteiger partial charge in [0.05, 0.1) is 12.5 Å². The fourth-order valence-electron chi connectivity index (χ4n) is 6.47. The third kappa shape index (κ3) is 7.87. The molecule has 5 rings (SSSR count). The van der Waals surface area contributed by atoms with Crippen LogP contribution in [0.25, 0.3) is 0 Å². The van der Waals surface area contributed by atoms with Crippen LogP contribution in [0.3, 0.4) is 0 Å². The molecule has 2 aliphatic rings. The number of carbonyl (C=O) groups is 2. The largest absolute Gasteiger partial charge is 0.371 e. The van der Waals surface area contributed by atoms with Crippen molar-refractivity contribution >= 4 is 33.7 Å². The van der Waals surface area contributed by atoms with Crippen LogP contribution in [0.15, 0.2) is 48.8 Å². The summed E-state index contributed by atoms with van der Waals surface area (Å²) in [7, 11) is -1.11. The van der Waals surface area contributed by atoms with Crippen LogP contribution in [0.4, 0.5) is 20.4 Å². The van der Waals surface area contributed by atoms with Crippen LogP contribution in [0.2, 0.25) is 0 Å². The van der Waals surface area contributed by atoms with Gasteiger partial charge in [0.1, 0.15) is 11.6 Å². The zero-order valence-corrected chi connectivity index (χ0v) is 29.2. The molecule has 2 saturated heterocycles. The maximum atomic E-state index is 15.0. The summed E-state index contributed by atoms with van der Waals surface area (Å²) in [4.78, 5) is 35.3. The molecule has 0 aliphatic carbocycles. The number of halogens is 2. The number of rotatable bonds is 9. The molecule has 0 spiro atoms. The van der Waals surface area contributed by atoms with E-state index in [1.807, 2.05) is 44.4 Å². The Hall–Kier alpha value is -3.88. The lowest BCUT2D eigenvalue weighted by atomic mass is 9.88. The lowest BCUT2D eigenvalue weighted by molar-refractivity contribution is -0.124. The molecule has 14 heteroatoms. The van der Waals surface area contributed by atoms with Crippen molar-refractivity contribution in [1.29, 1.82) is 0 Å². The highest BCUT2D eigenvalue weighted by Crippen LogP contribution is 2.38. The number of aromatic nitrogens is 2. The first-order chi connectivity index (χ1) is 22.5. The Morgan fingerprint density at radius 3 is 2.38 bits per heavy atom. The number of carbonyl (C=O) groups excluding carboxylic acids is 2. The number of piperidine rings is 1. The van der Waals surface area contributed by atoms with Crippen LogP contribution in [0.1, 0.15) is 56.2 Å². The van der Waals surface area contributed by atoms with Gasteiger partial charge in [0.25, 0.3) is 0 Å². The first-order valence-corrected chi connectivity index (χ1v) is 17.6. The maximum Gasteiger partial charge on any atom is 0.303 e. The average molecular weight is 686 g/mol. The van der Waals surface area contributed by atoms with Crippen LogP contribution >= 0.6 is 0 Å². The van der Waals surface area contributed by atoms with Gasteiger partial charge in [0, 0.05) is 81.8 Å². The molecule has 1 aromatic heterocycles. The first-order valence-electron chi connectivity index (χ1n) is 16.1. The number of amides is 2. The number of anilines is 2. The molecule has 0 bridgehead atoms. The Morgan fingerprint density at radius 1 is 1.02 bits per heavy atom. The predicted octanol–water partition coefficient (Wildman–Crippen LogP) is 4.11. The second-order valence-electron chi connectivity index (χ2n) is 14.0. The average Bonchev–Trinajstić information content (AvgIpc) is 3.65. The minimum absolute atomic E-state index is 0.258. The van der Waals surface area contributed by atoms with E-state index in [1.54, 1.807) is 12.4 Å². The summed E-state index contributed by atoms with van der Waals surface area (Å²) in [6.07, 6.45) is 4.39. The normalized spacial score (nSPS) is 19.6. The van der Waals surface area contributed by atoms with Crippen molar-refractivity contribution in [1.82, 2.24) is 23.5 Å². The summed E-state index contributed by atoms with van der Waals surface area (Å²) in [5.41, 5.74) is 3.10. The highest BCUT2D eigenvalue weighted by molar-refractivity contribution is 7.87. The molecule has 0 radical (unpaired) electrons. The maximum absolute atomic E-state index is 15.0. The minimum atomic E-state index is -3.85. The van der Waals surface area contributed by atoms with Gasteiger partial charge in [-0.1, -0.05) is 18.2 Å². The molecular formula is C34H45F2N7O4S. The highest BCUT2D eigenvalue weighted by Gasteiger charge is 2.43. The van der Waals surface area contributed by atoms with Crippen LogP contribution in [-0.2, 0) is 26.3 Å². The molecule has 0 saturated carbocycles. The van der Waals surface area contributed by atoms with Crippen molar-refractivity contribution in [2.75, 3.05) is 50.5 Å². The molecule has 2 aromatic carbocycles. The lowest BCUT2D eigenvalue weighted by Gasteiger charge is -2.34. The zero-order valence-electron chi connectivity index (χ0n) is 28.3. The summed E-state index contributed by atoms with van der Waals surface area (Å²) in [6.45, 7) is 10.5. The summed E-state index contributed by atoms with van der Waals surface area (Å²) in [5.74, 6) is -3.22. The van der Waals surface area contributed by atoms with Gasteiger partial charge in [-0.15, -0.1) is 0 Å². The first kappa shape index (κ1) is 35.4. The van der Waals surface area contributed by atoms with Gasteiger partial charge >= 0.3 is 10.2 Å². The van der Waals surface area contributed by atoms with E-state index in [9.17, 15) is 26.8 Å². The quantitative estimate of drug-likeness (QED) is 0.348. The van der Waals surface area contributed by atoms with Gasteiger partial charge in [0.2, 0.25) is 17.8 Å². The van der Waals surface area contributed by atoms with Gasteiger partial charge in [-0.2, -0.15) is 12.7 Å². The number of nitrogens with one attached hydrogen (secondary N) is 2. The number of nitrogens with zero attached hydrogens (tertiary/aromatic N) is 5.